The van der Waals surface area contributed by atoms with E-state index in [-0.39, 0.29) is 0 Å². The predicted octanol–water partition coefficient (Wildman–Crippen LogP) is 0.584. The van der Waals surface area contributed by atoms with E-state index in [1.807, 2.05) is 30.3 Å². The minimum Gasteiger partial charge on any atom is -0.290 e. The number of hydrogen-bond donors (Lipinski definition) is 0. The summed E-state index contributed by atoms with van der Waals surface area (Å²) >= 11 is 0. The van der Waals surface area contributed by atoms with Crippen LogP contribution in [0.4, 0.5) is 0 Å². The first-order valence-corrected chi connectivity index (χ1v) is 4.20. The van der Waals surface area contributed by atoms with Crippen molar-refractivity contribution in [1.82, 2.24) is 4.90 Å². The SMILES string of the molecule is O=C1N=CN(Cc2ccccc2)C1=O. The molecule has 0 N–H and O–H groups in total. The fraction of sp³-hybridized carbons (Fsp3) is 0.100. The molecule has 2 rings (SSSR count). The Morgan fingerprint density at radius 2 is 1.86 bits per heavy atom. The average Bonchev–Trinajstić information content (AvgIpc) is 2.52. The Morgan fingerprint density at radius 3 is 2.43 bits per heavy atom. The van der Waals surface area contributed by atoms with E-state index in [1.54, 1.807) is 0 Å². The van der Waals surface area contributed by atoms with Gasteiger partial charge < -0.3 is 0 Å². The van der Waals surface area contributed by atoms with Crippen LogP contribution in [-0.4, -0.2) is 23.1 Å². The van der Waals surface area contributed by atoms with Crippen molar-refractivity contribution in [2.75, 3.05) is 0 Å². The van der Waals surface area contributed by atoms with E-state index in [9.17, 15) is 9.59 Å². The second-order valence-electron chi connectivity index (χ2n) is 2.97. The van der Waals surface area contributed by atoms with Gasteiger partial charge >= 0.3 is 11.8 Å². The average molecular weight is 188 g/mol. The number of aliphatic imine (C=N–C) groups is 1. The summed E-state index contributed by atoms with van der Waals surface area (Å²) in [6.45, 7) is 0.398. The normalized spacial score (nSPS) is 15.3. The third kappa shape index (κ3) is 1.54. The highest BCUT2D eigenvalue weighted by Crippen LogP contribution is 2.06. The van der Waals surface area contributed by atoms with Crippen molar-refractivity contribution in [2.45, 2.75) is 6.54 Å². The van der Waals surface area contributed by atoms with Gasteiger partial charge in [-0.3, -0.25) is 14.5 Å². The molecule has 0 saturated heterocycles. The van der Waals surface area contributed by atoms with Gasteiger partial charge in [-0.25, -0.2) is 0 Å². The first kappa shape index (κ1) is 8.62. The molecule has 0 atom stereocenters. The second-order valence-corrected chi connectivity index (χ2v) is 2.97. The molecule has 14 heavy (non-hydrogen) atoms. The molecule has 0 bridgehead atoms. The largest absolute Gasteiger partial charge is 0.336 e. The Bertz CT molecular complexity index is 398. The molecule has 70 valence electrons. The van der Waals surface area contributed by atoms with Crippen molar-refractivity contribution in [3.05, 3.63) is 35.9 Å². The summed E-state index contributed by atoms with van der Waals surface area (Å²) in [6.07, 6.45) is 1.28. The van der Waals surface area contributed by atoms with Crippen molar-refractivity contribution >= 4 is 18.2 Å². The summed E-state index contributed by atoms with van der Waals surface area (Å²) in [5.74, 6) is -1.25. The van der Waals surface area contributed by atoms with Gasteiger partial charge in [-0.05, 0) is 5.56 Å². The van der Waals surface area contributed by atoms with Gasteiger partial charge in [0.2, 0.25) is 0 Å². The molecule has 0 fully saturated rings. The molecule has 0 saturated carbocycles. The highest BCUT2D eigenvalue weighted by Gasteiger charge is 2.25. The monoisotopic (exact) mass is 188 g/mol. The zero-order valence-corrected chi connectivity index (χ0v) is 7.38. The molecule has 4 heteroatoms. The first-order valence-electron chi connectivity index (χ1n) is 4.20. The number of benzene rings is 1. The first-order chi connectivity index (χ1) is 6.77. The number of nitrogens with zero attached hydrogens (tertiary/aromatic N) is 2. The van der Waals surface area contributed by atoms with E-state index in [0.29, 0.717) is 6.54 Å². The van der Waals surface area contributed by atoms with Crippen molar-refractivity contribution < 1.29 is 9.59 Å². The maximum absolute atomic E-state index is 11.2. The lowest BCUT2D eigenvalue weighted by Crippen LogP contribution is -2.27. The highest BCUT2D eigenvalue weighted by atomic mass is 16.2. The second kappa shape index (κ2) is 3.41. The number of carbonyl (C=O) groups is 2. The van der Waals surface area contributed by atoms with Gasteiger partial charge in [0.1, 0.15) is 6.34 Å². The number of amides is 2. The van der Waals surface area contributed by atoms with E-state index in [0.717, 1.165) is 5.56 Å². The van der Waals surface area contributed by atoms with Gasteiger partial charge in [0.15, 0.2) is 0 Å². The van der Waals surface area contributed by atoms with Crippen molar-refractivity contribution in [3.8, 4) is 0 Å². The molecule has 1 aliphatic heterocycles. The van der Waals surface area contributed by atoms with Gasteiger partial charge in [-0.1, -0.05) is 30.3 Å². The van der Waals surface area contributed by atoms with Crippen LogP contribution in [0.3, 0.4) is 0 Å². The summed E-state index contributed by atoms with van der Waals surface area (Å²) in [7, 11) is 0. The van der Waals surface area contributed by atoms with Crippen molar-refractivity contribution in [1.29, 1.82) is 0 Å². The van der Waals surface area contributed by atoms with Crippen LogP contribution >= 0.6 is 0 Å². The summed E-state index contributed by atoms with van der Waals surface area (Å²) in [6, 6.07) is 9.45. The van der Waals surface area contributed by atoms with Gasteiger partial charge in [0, 0.05) is 0 Å². The Kier molecular flexibility index (Phi) is 2.10. The Balaban J connectivity index is 2.10. The standard InChI is InChI=1S/C10H8N2O2/c13-9-10(14)12(7-11-9)6-8-4-2-1-3-5-8/h1-5,7H,6H2. The molecule has 0 unspecified atom stereocenters. The fourth-order valence-corrected chi connectivity index (χ4v) is 1.25. The lowest BCUT2D eigenvalue weighted by atomic mass is 10.2. The highest BCUT2D eigenvalue weighted by molar-refractivity contribution is 6.41. The minimum absolute atomic E-state index is 0.398. The maximum atomic E-state index is 11.2. The van der Waals surface area contributed by atoms with E-state index in [2.05, 4.69) is 4.99 Å². The van der Waals surface area contributed by atoms with Gasteiger partial charge in [0.25, 0.3) is 0 Å². The molecule has 0 spiro atoms. The zero-order chi connectivity index (χ0) is 9.97. The summed E-state index contributed by atoms with van der Waals surface area (Å²) < 4.78 is 0. The lowest BCUT2D eigenvalue weighted by molar-refractivity contribution is -0.140. The molecule has 1 aromatic carbocycles. The van der Waals surface area contributed by atoms with Crippen LogP contribution in [0.5, 0.6) is 0 Å². The Labute approximate surface area is 80.9 Å². The van der Waals surface area contributed by atoms with E-state index in [4.69, 9.17) is 0 Å². The lowest BCUT2D eigenvalue weighted by Gasteiger charge is -2.10. The van der Waals surface area contributed by atoms with Gasteiger partial charge in [-0.2, -0.15) is 4.99 Å². The molecule has 0 radical (unpaired) electrons. The molecule has 0 aliphatic carbocycles. The van der Waals surface area contributed by atoms with Crippen LogP contribution < -0.4 is 0 Å². The predicted molar refractivity (Wildman–Crippen MR) is 50.5 cm³/mol. The molecular weight excluding hydrogens is 180 g/mol. The van der Waals surface area contributed by atoms with Crippen LogP contribution in [0.25, 0.3) is 0 Å². The maximum Gasteiger partial charge on any atom is 0.336 e. The molecule has 1 heterocycles. The van der Waals surface area contributed by atoms with E-state index >= 15 is 0 Å². The fourth-order valence-electron chi connectivity index (χ4n) is 1.25. The third-order valence-corrected chi connectivity index (χ3v) is 1.95. The summed E-state index contributed by atoms with van der Waals surface area (Å²) in [5.41, 5.74) is 0.974. The van der Waals surface area contributed by atoms with Crippen LogP contribution in [0, 0.1) is 0 Å². The van der Waals surface area contributed by atoms with Crippen LogP contribution in [-0.2, 0) is 16.1 Å². The molecule has 1 aliphatic rings. The van der Waals surface area contributed by atoms with Crippen molar-refractivity contribution in [3.63, 3.8) is 0 Å². The minimum atomic E-state index is -0.694. The van der Waals surface area contributed by atoms with E-state index < -0.39 is 11.8 Å². The van der Waals surface area contributed by atoms with Crippen LogP contribution in [0.15, 0.2) is 35.3 Å². The van der Waals surface area contributed by atoms with Crippen molar-refractivity contribution in [2.24, 2.45) is 4.99 Å². The quantitative estimate of drug-likeness (QED) is 0.637. The number of rotatable bonds is 2. The zero-order valence-electron chi connectivity index (χ0n) is 7.38. The van der Waals surface area contributed by atoms with E-state index in [1.165, 1.54) is 11.2 Å². The molecule has 0 aromatic heterocycles. The molecule has 2 amide bonds. The Morgan fingerprint density at radius 1 is 1.14 bits per heavy atom. The van der Waals surface area contributed by atoms with Crippen LogP contribution in [0.1, 0.15) is 5.56 Å². The topological polar surface area (TPSA) is 49.7 Å². The molecular formula is C10H8N2O2. The van der Waals surface area contributed by atoms with Gasteiger partial charge in [-0.15, -0.1) is 0 Å². The van der Waals surface area contributed by atoms with Crippen LogP contribution in [0.2, 0.25) is 0 Å². The molecule has 1 aromatic rings. The number of hydrogen-bond acceptors (Lipinski definition) is 2. The third-order valence-electron chi connectivity index (χ3n) is 1.95. The summed E-state index contributed by atoms with van der Waals surface area (Å²) in [4.78, 5) is 26.7. The summed E-state index contributed by atoms with van der Waals surface area (Å²) in [5, 5.41) is 0. The smallest absolute Gasteiger partial charge is 0.290 e. The number of carbonyl (C=O) groups excluding carboxylic acids is 2. The molecule has 4 nitrogen and oxygen atoms in total. The Hall–Kier alpha value is -1.97. The van der Waals surface area contributed by atoms with Gasteiger partial charge in [0.05, 0.1) is 6.54 Å².